The summed E-state index contributed by atoms with van der Waals surface area (Å²) < 4.78 is 10.1. The van der Waals surface area contributed by atoms with Crippen molar-refractivity contribution in [3.05, 3.63) is 42.0 Å². The minimum Gasteiger partial charge on any atom is -0.466 e. The largest absolute Gasteiger partial charge is 0.466 e. The summed E-state index contributed by atoms with van der Waals surface area (Å²) in [6, 6.07) is 9.44. The Labute approximate surface area is 119 Å². The zero-order valence-corrected chi connectivity index (χ0v) is 12.1. The molecule has 0 unspecified atom stereocenters. The summed E-state index contributed by atoms with van der Waals surface area (Å²) in [5.74, 6) is -0.861. The number of esters is 2. The average Bonchev–Trinajstić information content (AvgIpc) is 2.36. The molecule has 0 N–H and O–H groups in total. The Bertz CT molecular complexity index is 475. The second-order valence-corrected chi connectivity index (χ2v) is 4.91. The highest BCUT2D eigenvalue weighted by atomic mass is 16.6. The molecule has 0 atom stereocenters. The molecule has 0 heterocycles. The molecule has 108 valence electrons. The molecule has 0 spiro atoms. The third-order valence-electron chi connectivity index (χ3n) is 2.46. The van der Waals surface area contributed by atoms with Gasteiger partial charge in [0, 0.05) is 6.08 Å². The van der Waals surface area contributed by atoms with Crippen LogP contribution in [0, 0.1) is 0 Å². The van der Waals surface area contributed by atoms with Gasteiger partial charge >= 0.3 is 11.9 Å². The summed E-state index contributed by atoms with van der Waals surface area (Å²) in [6.07, 6.45) is 3.05. The third kappa shape index (κ3) is 6.18. The summed E-state index contributed by atoms with van der Waals surface area (Å²) >= 11 is 0. The van der Waals surface area contributed by atoms with Gasteiger partial charge in [0.1, 0.15) is 5.60 Å². The summed E-state index contributed by atoms with van der Waals surface area (Å²) in [6.45, 7) is 5.41. The lowest BCUT2D eigenvalue weighted by molar-refractivity contribution is -0.158. The first-order valence-electron chi connectivity index (χ1n) is 6.54. The summed E-state index contributed by atoms with van der Waals surface area (Å²) in [5, 5.41) is 0. The van der Waals surface area contributed by atoms with Crippen molar-refractivity contribution in [1.29, 1.82) is 0 Å². The molecule has 0 amide bonds. The van der Waals surface area contributed by atoms with Crippen LogP contribution in [-0.4, -0.2) is 24.1 Å². The minimum atomic E-state index is -0.885. The molecule has 0 aliphatic rings. The number of carbonyl (C=O) groups excluding carboxylic acids is 2. The molecule has 1 aromatic carbocycles. The number of ether oxygens (including phenoxy) is 2. The van der Waals surface area contributed by atoms with Gasteiger partial charge in [-0.2, -0.15) is 0 Å². The highest BCUT2D eigenvalue weighted by Gasteiger charge is 2.26. The maximum atomic E-state index is 11.7. The van der Waals surface area contributed by atoms with Crippen molar-refractivity contribution in [1.82, 2.24) is 0 Å². The van der Waals surface area contributed by atoms with Gasteiger partial charge in [-0.05, 0) is 32.4 Å². The highest BCUT2D eigenvalue weighted by molar-refractivity contribution is 5.87. The Morgan fingerprint density at radius 2 is 1.85 bits per heavy atom. The molecule has 4 heteroatoms. The molecule has 4 nitrogen and oxygen atoms in total. The van der Waals surface area contributed by atoms with Crippen LogP contribution >= 0.6 is 0 Å². The molecule has 0 fully saturated rings. The Balaban J connectivity index is 2.52. The van der Waals surface area contributed by atoms with Crippen molar-refractivity contribution in [2.75, 3.05) is 6.61 Å². The van der Waals surface area contributed by atoms with Gasteiger partial charge in [0.15, 0.2) is 0 Å². The van der Waals surface area contributed by atoms with Crippen molar-refractivity contribution in [2.24, 2.45) is 0 Å². The van der Waals surface area contributed by atoms with E-state index in [1.165, 1.54) is 6.08 Å². The molecular formula is C16H20O4. The van der Waals surface area contributed by atoms with E-state index >= 15 is 0 Å². The first-order valence-corrected chi connectivity index (χ1v) is 6.54. The fourth-order valence-corrected chi connectivity index (χ4v) is 1.63. The van der Waals surface area contributed by atoms with Crippen molar-refractivity contribution < 1.29 is 19.1 Å². The lowest BCUT2D eigenvalue weighted by Crippen LogP contribution is -2.31. The van der Waals surface area contributed by atoms with Crippen LogP contribution in [0.5, 0.6) is 0 Å². The van der Waals surface area contributed by atoms with Crippen LogP contribution in [0.25, 0.3) is 6.08 Å². The SMILES string of the molecule is CCOC(=O)CC(C)(C)OC(=O)/C=C/c1ccccc1. The number of hydrogen-bond acceptors (Lipinski definition) is 4. The molecule has 0 aliphatic carbocycles. The van der Waals surface area contributed by atoms with Crippen LogP contribution in [0.3, 0.4) is 0 Å². The normalized spacial score (nSPS) is 11.3. The molecule has 0 aromatic heterocycles. The number of hydrogen-bond donors (Lipinski definition) is 0. The first kappa shape index (κ1) is 16.0. The van der Waals surface area contributed by atoms with E-state index in [4.69, 9.17) is 9.47 Å². The van der Waals surface area contributed by atoms with Crippen LogP contribution in [0.4, 0.5) is 0 Å². The van der Waals surface area contributed by atoms with E-state index in [2.05, 4.69) is 0 Å². The van der Waals surface area contributed by atoms with Gasteiger partial charge < -0.3 is 9.47 Å². The Morgan fingerprint density at radius 1 is 1.20 bits per heavy atom. The zero-order valence-electron chi connectivity index (χ0n) is 12.1. The van der Waals surface area contributed by atoms with E-state index in [0.717, 1.165) is 5.56 Å². The molecule has 20 heavy (non-hydrogen) atoms. The molecule has 1 rings (SSSR count). The summed E-state index contributed by atoms with van der Waals surface area (Å²) in [4.78, 5) is 23.1. The molecule has 0 bridgehead atoms. The molecule has 0 aliphatic heterocycles. The van der Waals surface area contributed by atoms with E-state index in [-0.39, 0.29) is 12.4 Å². The van der Waals surface area contributed by atoms with Crippen LogP contribution in [0.1, 0.15) is 32.8 Å². The van der Waals surface area contributed by atoms with E-state index in [9.17, 15) is 9.59 Å². The maximum Gasteiger partial charge on any atom is 0.331 e. The quantitative estimate of drug-likeness (QED) is 0.592. The molecule has 0 saturated carbocycles. The fraction of sp³-hybridized carbons (Fsp3) is 0.375. The zero-order chi connectivity index (χ0) is 15.0. The smallest absolute Gasteiger partial charge is 0.331 e. The van der Waals surface area contributed by atoms with Crippen molar-refractivity contribution >= 4 is 18.0 Å². The first-order chi connectivity index (χ1) is 9.43. The Hall–Kier alpha value is -2.10. The average molecular weight is 276 g/mol. The number of rotatable bonds is 6. The predicted octanol–water partition coefficient (Wildman–Crippen LogP) is 2.97. The molecular weight excluding hydrogens is 256 g/mol. The van der Waals surface area contributed by atoms with Crippen LogP contribution in [-0.2, 0) is 19.1 Å². The topological polar surface area (TPSA) is 52.6 Å². The summed E-state index contributed by atoms with van der Waals surface area (Å²) in [5.41, 5.74) is 0.0253. The van der Waals surface area contributed by atoms with Crippen molar-refractivity contribution in [2.45, 2.75) is 32.8 Å². The van der Waals surface area contributed by atoms with Gasteiger partial charge in [-0.25, -0.2) is 4.79 Å². The Kier molecular flexibility index (Phi) is 5.97. The van der Waals surface area contributed by atoms with Gasteiger partial charge in [0.25, 0.3) is 0 Å². The molecule has 1 aromatic rings. The van der Waals surface area contributed by atoms with Crippen LogP contribution in [0.2, 0.25) is 0 Å². The van der Waals surface area contributed by atoms with Gasteiger partial charge in [0.05, 0.1) is 13.0 Å². The third-order valence-corrected chi connectivity index (χ3v) is 2.46. The van der Waals surface area contributed by atoms with E-state index < -0.39 is 11.6 Å². The molecule has 0 radical (unpaired) electrons. The van der Waals surface area contributed by atoms with E-state index in [1.54, 1.807) is 26.8 Å². The number of benzene rings is 1. The van der Waals surface area contributed by atoms with Gasteiger partial charge in [0.2, 0.25) is 0 Å². The monoisotopic (exact) mass is 276 g/mol. The van der Waals surface area contributed by atoms with Crippen molar-refractivity contribution in [3.8, 4) is 0 Å². The van der Waals surface area contributed by atoms with Crippen molar-refractivity contribution in [3.63, 3.8) is 0 Å². The maximum absolute atomic E-state index is 11.7. The van der Waals surface area contributed by atoms with Gasteiger partial charge in [-0.3, -0.25) is 4.79 Å². The number of carbonyl (C=O) groups is 2. The standard InChI is InChI=1S/C16H20O4/c1-4-19-15(18)12-16(2,3)20-14(17)11-10-13-8-6-5-7-9-13/h5-11H,4,12H2,1-3H3/b11-10+. The van der Waals surface area contributed by atoms with E-state index in [0.29, 0.717) is 6.61 Å². The minimum absolute atomic E-state index is 0.0335. The lowest BCUT2D eigenvalue weighted by Gasteiger charge is -2.23. The highest BCUT2D eigenvalue weighted by Crippen LogP contribution is 2.16. The van der Waals surface area contributed by atoms with Gasteiger partial charge in [-0.1, -0.05) is 30.3 Å². The molecule has 0 saturated heterocycles. The second kappa shape index (κ2) is 7.48. The lowest BCUT2D eigenvalue weighted by atomic mass is 10.1. The van der Waals surface area contributed by atoms with Gasteiger partial charge in [-0.15, -0.1) is 0 Å². The van der Waals surface area contributed by atoms with Crippen LogP contribution < -0.4 is 0 Å². The predicted molar refractivity (Wildman–Crippen MR) is 76.9 cm³/mol. The summed E-state index contributed by atoms with van der Waals surface area (Å²) in [7, 11) is 0. The Morgan fingerprint density at radius 3 is 2.45 bits per heavy atom. The van der Waals surface area contributed by atoms with Crippen LogP contribution in [0.15, 0.2) is 36.4 Å². The second-order valence-electron chi connectivity index (χ2n) is 4.91. The van der Waals surface area contributed by atoms with E-state index in [1.807, 2.05) is 30.3 Å². The fourth-order valence-electron chi connectivity index (χ4n) is 1.63.